The number of rotatable bonds is 4. The summed E-state index contributed by atoms with van der Waals surface area (Å²) in [5, 5.41) is 8.50. The van der Waals surface area contributed by atoms with Gasteiger partial charge in [0, 0.05) is 23.9 Å². The van der Waals surface area contributed by atoms with Crippen molar-refractivity contribution >= 4 is 17.2 Å². The van der Waals surface area contributed by atoms with Crippen molar-refractivity contribution in [3.63, 3.8) is 0 Å². The summed E-state index contributed by atoms with van der Waals surface area (Å²) in [4.78, 5) is 19.0. The van der Waals surface area contributed by atoms with Gasteiger partial charge in [-0.05, 0) is 64.3 Å². The molecule has 7 heteroatoms. The number of aromatic nitrogens is 2. The Hall–Kier alpha value is -1.73. The Morgan fingerprint density at radius 1 is 1.15 bits per heavy atom. The molecule has 0 bridgehead atoms. The van der Waals surface area contributed by atoms with E-state index in [0.717, 1.165) is 62.6 Å². The van der Waals surface area contributed by atoms with Crippen LogP contribution in [0.4, 0.5) is 0 Å². The summed E-state index contributed by atoms with van der Waals surface area (Å²) in [6, 6.07) is 4.10. The number of hydrogen-bond acceptors (Lipinski definition) is 6. The van der Waals surface area contributed by atoms with Crippen molar-refractivity contribution in [2.24, 2.45) is 0 Å². The molecule has 0 aromatic carbocycles. The highest BCUT2D eigenvalue weighted by Gasteiger charge is 2.27. The predicted molar refractivity (Wildman–Crippen MR) is 101 cm³/mol. The van der Waals surface area contributed by atoms with Crippen LogP contribution in [0.3, 0.4) is 0 Å². The van der Waals surface area contributed by atoms with Gasteiger partial charge in [0.15, 0.2) is 0 Å². The molecular formula is C19H26N4O2S. The minimum Gasteiger partial charge on any atom is -0.420 e. The zero-order valence-electron chi connectivity index (χ0n) is 15.3. The molecule has 2 aromatic rings. The molecule has 2 saturated heterocycles. The third-order valence-corrected chi connectivity index (χ3v) is 6.38. The van der Waals surface area contributed by atoms with E-state index in [0.29, 0.717) is 18.4 Å². The Morgan fingerprint density at radius 3 is 2.62 bits per heavy atom. The summed E-state index contributed by atoms with van der Waals surface area (Å²) >= 11 is 1.67. The Morgan fingerprint density at radius 2 is 1.92 bits per heavy atom. The molecule has 140 valence electrons. The van der Waals surface area contributed by atoms with Crippen LogP contribution in [0.15, 0.2) is 16.5 Å². The first kappa shape index (κ1) is 17.7. The predicted octanol–water partition coefficient (Wildman–Crippen LogP) is 3.30. The first-order valence-electron chi connectivity index (χ1n) is 9.59. The highest BCUT2D eigenvalue weighted by molar-refractivity contribution is 7.15. The maximum absolute atomic E-state index is 12.4. The molecule has 0 spiro atoms. The largest absolute Gasteiger partial charge is 0.420 e. The van der Waals surface area contributed by atoms with Gasteiger partial charge in [0.2, 0.25) is 11.8 Å². The van der Waals surface area contributed by atoms with E-state index < -0.39 is 0 Å². The lowest BCUT2D eigenvalue weighted by atomic mass is 9.97. The fraction of sp³-hybridized carbons (Fsp3) is 0.632. The van der Waals surface area contributed by atoms with Gasteiger partial charge in [-0.2, -0.15) is 0 Å². The fourth-order valence-corrected chi connectivity index (χ4v) is 4.61. The van der Waals surface area contributed by atoms with Crippen molar-refractivity contribution in [3.8, 4) is 10.8 Å². The smallest absolute Gasteiger partial charge is 0.257 e. The molecule has 4 rings (SSSR count). The van der Waals surface area contributed by atoms with Crippen molar-refractivity contribution in [2.45, 2.75) is 44.9 Å². The molecule has 6 nitrogen and oxygen atoms in total. The van der Waals surface area contributed by atoms with E-state index >= 15 is 0 Å². The molecule has 1 amide bonds. The topological polar surface area (TPSA) is 62.5 Å². The second-order valence-corrected chi connectivity index (χ2v) is 8.64. The standard InChI is InChI=1S/C19H26N4O2S/c1-14-5-6-16(26-14)19-21-20-18(25-19)15-7-11-22(12-8-15)13-17(24)23-9-3-2-4-10-23/h5-6,15H,2-4,7-13H2,1H3. The van der Waals surface area contributed by atoms with E-state index in [9.17, 15) is 4.79 Å². The van der Waals surface area contributed by atoms with Crippen LogP contribution in [0, 0.1) is 6.92 Å². The van der Waals surface area contributed by atoms with Gasteiger partial charge in [0.1, 0.15) is 0 Å². The van der Waals surface area contributed by atoms with Crippen molar-refractivity contribution in [1.29, 1.82) is 0 Å². The molecule has 0 atom stereocenters. The lowest BCUT2D eigenvalue weighted by molar-refractivity contribution is -0.133. The van der Waals surface area contributed by atoms with E-state index in [1.54, 1.807) is 11.3 Å². The molecule has 0 saturated carbocycles. The molecular weight excluding hydrogens is 348 g/mol. The fourth-order valence-electron chi connectivity index (χ4n) is 3.82. The maximum atomic E-state index is 12.4. The van der Waals surface area contributed by atoms with E-state index in [-0.39, 0.29) is 5.91 Å². The van der Waals surface area contributed by atoms with Crippen molar-refractivity contribution in [3.05, 3.63) is 22.9 Å². The third kappa shape index (κ3) is 3.99. The number of thiophene rings is 1. The average Bonchev–Trinajstić information content (AvgIpc) is 3.32. The van der Waals surface area contributed by atoms with Gasteiger partial charge in [-0.3, -0.25) is 9.69 Å². The number of aryl methyl sites for hydroxylation is 1. The molecule has 4 heterocycles. The number of likely N-dealkylation sites (tertiary alicyclic amines) is 2. The molecule has 26 heavy (non-hydrogen) atoms. The Balaban J connectivity index is 1.29. The Labute approximate surface area is 158 Å². The Bertz CT molecular complexity index is 742. The second-order valence-electron chi connectivity index (χ2n) is 7.35. The molecule has 2 aliphatic heterocycles. The van der Waals surface area contributed by atoms with E-state index in [1.165, 1.54) is 11.3 Å². The van der Waals surface area contributed by atoms with Gasteiger partial charge in [-0.15, -0.1) is 21.5 Å². The zero-order valence-corrected chi connectivity index (χ0v) is 16.1. The lowest BCUT2D eigenvalue weighted by Gasteiger charge is -2.33. The highest BCUT2D eigenvalue weighted by Crippen LogP contribution is 2.31. The minimum atomic E-state index is 0.288. The van der Waals surface area contributed by atoms with Crippen LogP contribution < -0.4 is 0 Å². The molecule has 2 aromatic heterocycles. The number of amides is 1. The van der Waals surface area contributed by atoms with Crippen LogP contribution in [-0.4, -0.2) is 58.6 Å². The first-order chi connectivity index (χ1) is 12.7. The molecule has 2 aliphatic rings. The third-order valence-electron chi connectivity index (χ3n) is 5.40. The van der Waals surface area contributed by atoms with E-state index in [1.807, 2.05) is 11.0 Å². The van der Waals surface area contributed by atoms with Gasteiger partial charge in [0.05, 0.1) is 11.4 Å². The van der Waals surface area contributed by atoms with Crippen LogP contribution in [0.25, 0.3) is 10.8 Å². The minimum absolute atomic E-state index is 0.288. The average molecular weight is 375 g/mol. The number of hydrogen-bond donors (Lipinski definition) is 0. The second kappa shape index (κ2) is 7.88. The van der Waals surface area contributed by atoms with Gasteiger partial charge in [-0.1, -0.05) is 0 Å². The highest BCUT2D eigenvalue weighted by atomic mass is 32.1. The summed E-state index contributed by atoms with van der Waals surface area (Å²) in [7, 11) is 0. The molecule has 2 fully saturated rings. The molecule has 0 N–H and O–H groups in total. The van der Waals surface area contributed by atoms with Gasteiger partial charge in [0.25, 0.3) is 5.89 Å². The van der Waals surface area contributed by atoms with Crippen LogP contribution >= 0.6 is 11.3 Å². The van der Waals surface area contributed by atoms with Crippen molar-refractivity contribution in [2.75, 3.05) is 32.7 Å². The number of carbonyl (C=O) groups is 1. The van der Waals surface area contributed by atoms with Crippen LogP contribution in [0.2, 0.25) is 0 Å². The lowest BCUT2D eigenvalue weighted by Crippen LogP contribution is -2.44. The molecule has 0 aliphatic carbocycles. The van der Waals surface area contributed by atoms with Crippen LogP contribution in [0.1, 0.15) is 48.8 Å². The van der Waals surface area contributed by atoms with Gasteiger partial charge < -0.3 is 9.32 Å². The Kier molecular flexibility index (Phi) is 5.36. The van der Waals surface area contributed by atoms with Gasteiger partial charge in [-0.25, -0.2) is 0 Å². The van der Waals surface area contributed by atoms with Crippen molar-refractivity contribution in [1.82, 2.24) is 20.0 Å². The van der Waals surface area contributed by atoms with Gasteiger partial charge >= 0.3 is 0 Å². The van der Waals surface area contributed by atoms with Crippen LogP contribution in [0.5, 0.6) is 0 Å². The molecule has 0 unspecified atom stereocenters. The maximum Gasteiger partial charge on any atom is 0.257 e. The van der Waals surface area contributed by atoms with E-state index in [2.05, 4.69) is 28.1 Å². The van der Waals surface area contributed by atoms with Crippen LogP contribution in [-0.2, 0) is 4.79 Å². The summed E-state index contributed by atoms with van der Waals surface area (Å²) < 4.78 is 5.93. The molecule has 0 radical (unpaired) electrons. The normalized spacial score (nSPS) is 19.8. The van der Waals surface area contributed by atoms with E-state index in [4.69, 9.17) is 4.42 Å². The number of nitrogens with zero attached hydrogens (tertiary/aromatic N) is 4. The quantitative estimate of drug-likeness (QED) is 0.822. The monoisotopic (exact) mass is 374 g/mol. The number of piperidine rings is 2. The first-order valence-corrected chi connectivity index (χ1v) is 10.4. The summed E-state index contributed by atoms with van der Waals surface area (Å²) in [5.41, 5.74) is 0. The zero-order chi connectivity index (χ0) is 17.9. The summed E-state index contributed by atoms with van der Waals surface area (Å²) in [6.45, 7) is 6.33. The number of carbonyl (C=O) groups excluding carboxylic acids is 1. The summed E-state index contributed by atoms with van der Waals surface area (Å²) in [5.74, 6) is 1.96. The summed E-state index contributed by atoms with van der Waals surface area (Å²) in [6.07, 6.45) is 5.50. The SMILES string of the molecule is Cc1ccc(-c2nnc(C3CCN(CC(=O)N4CCCCC4)CC3)o2)s1. The van der Waals surface area contributed by atoms with Crippen molar-refractivity contribution < 1.29 is 9.21 Å².